The van der Waals surface area contributed by atoms with Crippen molar-refractivity contribution in [3.05, 3.63) is 92.3 Å². The first kappa shape index (κ1) is 25.5. The molecule has 1 saturated heterocycles. The Morgan fingerprint density at radius 3 is 2.49 bits per heavy atom. The van der Waals surface area contributed by atoms with E-state index in [1.165, 1.54) is 24.9 Å². The minimum absolute atomic E-state index is 0.128. The standard InChI is InChI=1S/C28H26Cl2FN3O3/c1-17-22(29)8-7-20(24(17)30)27(36)33-11-9-28(10-12-33)16-34(15-18-5-3-4-6-21(18)28)26(35)19-13-23(31)25(37-2)32-14-19/h3-8,13-14H,9-12,15-16H2,1-2H3. The van der Waals surface area contributed by atoms with Gasteiger partial charge < -0.3 is 14.5 Å². The maximum atomic E-state index is 14.3. The van der Waals surface area contributed by atoms with Gasteiger partial charge >= 0.3 is 0 Å². The quantitative estimate of drug-likeness (QED) is 0.428. The molecule has 1 spiro atoms. The highest BCUT2D eigenvalue weighted by Gasteiger charge is 2.44. The second-order valence-electron chi connectivity index (χ2n) is 9.64. The van der Waals surface area contributed by atoms with Crippen LogP contribution < -0.4 is 4.74 Å². The first-order valence-corrected chi connectivity index (χ1v) is 12.8. The number of aromatic nitrogens is 1. The average molecular weight is 542 g/mol. The summed E-state index contributed by atoms with van der Waals surface area (Å²) in [7, 11) is 1.33. The molecule has 2 aliphatic heterocycles. The highest BCUT2D eigenvalue weighted by Crippen LogP contribution is 2.42. The fraction of sp³-hybridized carbons (Fsp3) is 0.321. The van der Waals surface area contributed by atoms with E-state index in [2.05, 4.69) is 11.1 Å². The van der Waals surface area contributed by atoms with E-state index in [-0.39, 0.29) is 28.7 Å². The van der Waals surface area contributed by atoms with Crippen molar-refractivity contribution in [1.82, 2.24) is 14.8 Å². The summed E-state index contributed by atoms with van der Waals surface area (Å²) in [6.45, 7) is 3.73. The number of carbonyl (C=O) groups is 2. The number of fused-ring (bicyclic) bond motifs is 2. The summed E-state index contributed by atoms with van der Waals surface area (Å²) in [6, 6.07) is 12.6. The van der Waals surface area contributed by atoms with Crippen LogP contribution >= 0.6 is 23.2 Å². The van der Waals surface area contributed by atoms with Gasteiger partial charge in [0.05, 0.1) is 23.3 Å². The van der Waals surface area contributed by atoms with Crippen LogP contribution in [0.25, 0.3) is 0 Å². The van der Waals surface area contributed by atoms with Crippen LogP contribution in [0.4, 0.5) is 4.39 Å². The van der Waals surface area contributed by atoms with Gasteiger partial charge in [0, 0.05) is 42.8 Å². The van der Waals surface area contributed by atoms with Crippen molar-refractivity contribution >= 4 is 35.0 Å². The van der Waals surface area contributed by atoms with Crippen LogP contribution in [0, 0.1) is 12.7 Å². The maximum Gasteiger partial charge on any atom is 0.255 e. The van der Waals surface area contributed by atoms with Gasteiger partial charge in [-0.3, -0.25) is 9.59 Å². The summed E-state index contributed by atoms with van der Waals surface area (Å²) >= 11 is 12.6. The van der Waals surface area contributed by atoms with Crippen LogP contribution in [-0.2, 0) is 12.0 Å². The summed E-state index contributed by atoms with van der Waals surface area (Å²) < 4.78 is 19.2. The molecule has 3 heterocycles. The number of amides is 2. The topological polar surface area (TPSA) is 62.7 Å². The van der Waals surface area contributed by atoms with Crippen LogP contribution in [0.5, 0.6) is 5.88 Å². The highest BCUT2D eigenvalue weighted by atomic mass is 35.5. The summed E-state index contributed by atoms with van der Waals surface area (Å²) in [6.07, 6.45) is 2.70. The molecule has 1 fully saturated rings. The molecule has 2 amide bonds. The normalized spacial score (nSPS) is 16.5. The van der Waals surface area contributed by atoms with Gasteiger partial charge in [-0.2, -0.15) is 0 Å². The Morgan fingerprint density at radius 2 is 1.78 bits per heavy atom. The van der Waals surface area contributed by atoms with Gasteiger partial charge in [-0.05, 0) is 54.7 Å². The summed E-state index contributed by atoms with van der Waals surface area (Å²) in [4.78, 5) is 34.2. The number of halogens is 3. The lowest BCUT2D eigenvalue weighted by Crippen LogP contribution is -2.54. The third kappa shape index (κ3) is 4.55. The zero-order valence-corrected chi connectivity index (χ0v) is 22.1. The number of hydrogen-bond acceptors (Lipinski definition) is 4. The molecule has 6 nitrogen and oxygen atoms in total. The van der Waals surface area contributed by atoms with Gasteiger partial charge in [0.15, 0.2) is 5.82 Å². The zero-order chi connectivity index (χ0) is 26.3. The largest absolute Gasteiger partial charge is 0.479 e. The van der Waals surface area contributed by atoms with Crippen molar-refractivity contribution in [2.24, 2.45) is 0 Å². The molecule has 1 aromatic heterocycles. The molecule has 0 atom stereocenters. The van der Waals surface area contributed by atoms with Crippen molar-refractivity contribution in [1.29, 1.82) is 0 Å². The molecule has 2 aliphatic rings. The summed E-state index contributed by atoms with van der Waals surface area (Å²) in [5.74, 6) is -1.24. The average Bonchev–Trinajstić information content (AvgIpc) is 2.91. The molecule has 5 rings (SSSR count). The number of methoxy groups -OCH3 is 1. The van der Waals surface area contributed by atoms with Crippen molar-refractivity contribution in [2.45, 2.75) is 31.7 Å². The smallest absolute Gasteiger partial charge is 0.255 e. The third-order valence-corrected chi connectivity index (χ3v) is 8.43. The number of carbonyl (C=O) groups excluding carboxylic acids is 2. The Bertz CT molecular complexity index is 1390. The first-order chi connectivity index (χ1) is 17.7. The Morgan fingerprint density at radius 1 is 1.05 bits per heavy atom. The van der Waals surface area contributed by atoms with Gasteiger partial charge in [0.25, 0.3) is 11.8 Å². The van der Waals surface area contributed by atoms with E-state index in [0.717, 1.165) is 5.56 Å². The molecule has 0 radical (unpaired) electrons. The molecule has 0 N–H and O–H groups in total. The molecule has 3 aromatic rings. The molecule has 9 heteroatoms. The van der Waals surface area contributed by atoms with Crippen molar-refractivity contribution in [3.63, 3.8) is 0 Å². The van der Waals surface area contributed by atoms with Crippen molar-refractivity contribution in [3.8, 4) is 5.88 Å². The van der Waals surface area contributed by atoms with Gasteiger partial charge in [-0.15, -0.1) is 0 Å². The van der Waals surface area contributed by atoms with Gasteiger partial charge in [0.2, 0.25) is 5.88 Å². The molecule has 2 aromatic carbocycles. The monoisotopic (exact) mass is 541 g/mol. The Kier molecular flexibility index (Phi) is 6.86. The Hall–Kier alpha value is -3.16. The van der Waals surface area contributed by atoms with Crippen LogP contribution in [-0.4, -0.2) is 53.3 Å². The minimum Gasteiger partial charge on any atom is -0.479 e. The van der Waals surface area contributed by atoms with Crippen LogP contribution in [0.3, 0.4) is 0 Å². The number of ether oxygens (including phenoxy) is 1. The van der Waals surface area contributed by atoms with Crippen molar-refractivity contribution < 1.29 is 18.7 Å². The molecular formula is C28H26Cl2FN3O3. The first-order valence-electron chi connectivity index (χ1n) is 12.0. The fourth-order valence-electron chi connectivity index (χ4n) is 5.47. The maximum absolute atomic E-state index is 14.3. The number of nitrogens with zero attached hydrogens (tertiary/aromatic N) is 3. The minimum atomic E-state index is -0.677. The predicted octanol–water partition coefficient (Wildman–Crippen LogP) is 5.67. The predicted molar refractivity (Wildman–Crippen MR) is 140 cm³/mol. The van der Waals surface area contributed by atoms with E-state index in [1.807, 2.05) is 23.1 Å². The molecule has 192 valence electrons. The molecular weight excluding hydrogens is 516 g/mol. The molecule has 0 bridgehead atoms. The summed E-state index contributed by atoms with van der Waals surface area (Å²) in [5.41, 5.74) is 3.23. The second kappa shape index (κ2) is 9.95. The number of likely N-dealkylation sites (tertiary alicyclic amines) is 1. The van der Waals surface area contributed by atoms with Crippen molar-refractivity contribution in [2.75, 3.05) is 26.7 Å². The van der Waals surface area contributed by atoms with Crippen LogP contribution in [0.1, 0.15) is 50.2 Å². The number of pyridine rings is 1. The lowest BCUT2D eigenvalue weighted by Gasteiger charge is -2.48. The van der Waals surface area contributed by atoms with E-state index in [0.29, 0.717) is 60.2 Å². The highest BCUT2D eigenvalue weighted by molar-refractivity contribution is 6.38. The van der Waals surface area contributed by atoms with Gasteiger partial charge in [-0.25, -0.2) is 9.37 Å². The zero-order valence-electron chi connectivity index (χ0n) is 20.6. The summed E-state index contributed by atoms with van der Waals surface area (Å²) in [5, 5.41) is 0.896. The van der Waals surface area contributed by atoms with E-state index in [4.69, 9.17) is 27.9 Å². The molecule has 0 saturated carbocycles. The SMILES string of the molecule is COc1ncc(C(=O)N2Cc3ccccc3C3(CCN(C(=O)c4ccc(Cl)c(C)c4Cl)CC3)C2)cc1F. The molecule has 0 aliphatic carbocycles. The number of piperidine rings is 1. The number of hydrogen-bond donors (Lipinski definition) is 0. The van der Waals surface area contributed by atoms with Crippen LogP contribution in [0.15, 0.2) is 48.7 Å². The fourth-order valence-corrected chi connectivity index (χ4v) is 5.92. The van der Waals surface area contributed by atoms with Crippen LogP contribution in [0.2, 0.25) is 10.0 Å². The third-order valence-electron chi connectivity index (χ3n) is 7.54. The Labute approximate surface area is 224 Å². The molecule has 37 heavy (non-hydrogen) atoms. The second-order valence-corrected chi connectivity index (χ2v) is 10.4. The van der Waals surface area contributed by atoms with E-state index in [9.17, 15) is 14.0 Å². The Balaban J connectivity index is 1.40. The van der Waals surface area contributed by atoms with Gasteiger partial charge in [-0.1, -0.05) is 47.5 Å². The van der Waals surface area contributed by atoms with E-state index >= 15 is 0 Å². The molecule has 0 unspecified atom stereocenters. The van der Waals surface area contributed by atoms with E-state index in [1.54, 1.807) is 24.0 Å². The number of benzene rings is 2. The van der Waals surface area contributed by atoms with E-state index < -0.39 is 5.82 Å². The lowest BCUT2D eigenvalue weighted by atomic mass is 9.68. The van der Waals surface area contributed by atoms with Gasteiger partial charge in [0.1, 0.15) is 0 Å². The number of rotatable bonds is 3. The lowest BCUT2D eigenvalue weighted by molar-refractivity contribution is 0.0509.